The predicted molar refractivity (Wildman–Crippen MR) is 126 cm³/mol. The molecule has 154 valence electrons. The van der Waals surface area contributed by atoms with Gasteiger partial charge in [0.25, 0.3) is 0 Å². The lowest BCUT2D eigenvalue weighted by Crippen LogP contribution is -2.34. The summed E-state index contributed by atoms with van der Waals surface area (Å²) in [6.07, 6.45) is 25.6. The van der Waals surface area contributed by atoms with E-state index >= 15 is 0 Å². The highest BCUT2D eigenvalue weighted by Crippen LogP contribution is 2.25. The lowest BCUT2D eigenvalue weighted by atomic mass is 9.89. The number of rotatable bonds is 11. The number of likely N-dealkylation sites (tertiary alicyclic amines) is 1. The van der Waals surface area contributed by atoms with Crippen molar-refractivity contribution in [2.75, 3.05) is 13.1 Å². The topological polar surface area (TPSA) is 21.1 Å². The fraction of sp³-hybridized carbons (Fsp3) is 0.346. The van der Waals surface area contributed by atoms with Gasteiger partial charge in [-0.3, -0.25) is 4.90 Å². The molecule has 1 saturated heterocycles. The fourth-order valence-electron chi connectivity index (χ4n) is 3.79. The summed E-state index contributed by atoms with van der Waals surface area (Å²) in [5.41, 5.74) is 3.82. The average Bonchev–Trinajstić information content (AvgIpc) is 3.15. The third kappa shape index (κ3) is 7.71. The van der Waals surface area contributed by atoms with Gasteiger partial charge in [-0.2, -0.15) is 0 Å². The van der Waals surface area contributed by atoms with Crippen LogP contribution in [-0.4, -0.2) is 27.5 Å². The van der Waals surface area contributed by atoms with E-state index in [-0.39, 0.29) is 0 Å². The Morgan fingerprint density at radius 1 is 1.07 bits per heavy atom. The van der Waals surface area contributed by atoms with Crippen molar-refractivity contribution in [2.45, 2.75) is 39.3 Å². The second-order valence-corrected chi connectivity index (χ2v) is 7.49. The highest BCUT2D eigenvalue weighted by molar-refractivity contribution is 5.26. The van der Waals surface area contributed by atoms with Gasteiger partial charge in [0.1, 0.15) is 0 Å². The highest BCUT2D eigenvalue weighted by Gasteiger charge is 2.20. The van der Waals surface area contributed by atoms with Crippen LogP contribution in [-0.2, 0) is 13.1 Å². The van der Waals surface area contributed by atoms with Crippen LogP contribution >= 0.6 is 0 Å². The number of hydrogen-bond acceptors (Lipinski definition) is 2. The number of allylic oxidation sites excluding steroid dienone is 11. The molecule has 0 bridgehead atoms. The lowest BCUT2D eigenvalue weighted by molar-refractivity contribution is 0.174. The summed E-state index contributed by atoms with van der Waals surface area (Å²) in [5.74, 6) is 0.754. The van der Waals surface area contributed by atoms with Crippen molar-refractivity contribution in [2.24, 2.45) is 5.92 Å². The third-order valence-corrected chi connectivity index (χ3v) is 5.26. The molecule has 1 aromatic rings. The molecule has 3 heteroatoms. The van der Waals surface area contributed by atoms with Crippen LogP contribution in [0, 0.1) is 5.92 Å². The molecule has 0 N–H and O–H groups in total. The Morgan fingerprint density at radius 2 is 1.79 bits per heavy atom. The lowest BCUT2D eigenvalue weighted by Gasteiger charge is -2.32. The van der Waals surface area contributed by atoms with E-state index in [9.17, 15) is 0 Å². The summed E-state index contributed by atoms with van der Waals surface area (Å²) in [6, 6.07) is 0. The smallest absolute Gasteiger partial charge is 0.0951 e. The van der Waals surface area contributed by atoms with Crippen LogP contribution in [0.5, 0.6) is 0 Å². The summed E-state index contributed by atoms with van der Waals surface area (Å²) >= 11 is 0. The molecule has 3 nitrogen and oxygen atoms in total. The zero-order valence-electron chi connectivity index (χ0n) is 17.8. The molecule has 0 saturated carbocycles. The molecule has 2 rings (SSSR count). The summed E-state index contributed by atoms with van der Waals surface area (Å²) in [4.78, 5) is 6.94. The zero-order valence-corrected chi connectivity index (χ0v) is 17.8. The molecular weight excluding hydrogens is 354 g/mol. The van der Waals surface area contributed by atoms with E-state index in [1.807, 2.05) is 36.8 Å². The van der Waals surface area contributed by atoms with Gasteiger partial charge in [-0.15, -0.1) is 0 Å². The monoisotopic (exact) mass is 389 g/mol. The molecule has 29 heavy (non-hydrogen) atoms. The van der Waals surface area contributed by atoms with Gasteiger partial charge in [0.15, 0.2) is 0 Å². The molecule has 1 fully saturated rings. The Labute approximate surface area is 176 Å². The SMILES string of the molecule is C=C/C=C\C(=C/C=C)Cn1cncc1CN1CCC(CC(/C=C\C)=C/C=C)CC1. The molecule has 0 aliphatic carbocycles. The van der Waals surface area contributed by atoms with Crippen molar-refractivity contribution in [1.29, 1.82) is 0 Å². The van der Waals surface area contributed by atoms with Crippen LogP contribution in [0.15, 0.2) is 98.1 Å². The molecule has 0 amide bonds. The van der Waals surface area contributed by atoms with Crippen LogP contribution < -0.4 is 0 Å². The van der Waals surface area contributed by atoms with Gasteiger partial charge in [0.2, 0.25) is 0 Å². The zero-order chi connectivity index (χ0) is 20.9. The van der Waals surface area contributed by atoms with Crippen molar-refractivity contribution in [3.05, 3.63) is 104 Å². The van der Waals surface area contributed by atoms with E-state index in [0.717, 1.165) is 38.5 Å². The first kappa shape index (κ1) is 22.6. The Kier molecular flexibility index (Phi) is 9.94. The van der Waals surface area contributed by atoms with Gasteiger partial charge in [0.05, 0.1) is 12.0 Å². The van der Waals surface area contributed by atoms with Gasteiger partial charge in [-0.25, -0.2) is 4.98 Å². The predicted octanol–water partition coefficient (Wildman–Crippen LogP) is 6.03. The fourth-order valence-corrected chi connectivity index (χ4v) is 3.79. The van der Waals surface area contributed by atoms with E-state index in [0.29, 0.717) is 0 Å². The maximum atomic E-state index is 4.39. The van der Waals surface area contributed by atoms with Crippen LogP contribution in [0.25, 0.3) is 0 Å². The highest BCUT2D eigenvalue weighted by atomic mass is 15.2. The second-order valence-electron chi connectivity index (χ2n) is 7.49. The summed E-state index contributed by atoms with van der Waals surface area (Å²) in [6.45, 7) is 17.5. The van der Waals surface area contributed by atoms with Crippen molar-refractivity contribution in [3.8, 4) is 0 Å². The van der Waals surface area contributed by atoms with Crippen LogP contribution in [0.3, 0.4) is 0 Å². The molecular formula is C26H35N3. The molecule has 0 radical (unpaired) electrons. The van der Waals surface area contributed by atoms with E-state index in [1.54, 1.807) is 6.08 Å². The largest absolute Gasteiger partial charge is 0.329 e. The van der Waals surface area contributed by atoms with E-state index in [2.05, 4.69) is 65.4 Å². The number of nitrogens with zero attached hydrogens (tertiary/aromatic N) is 3. The van der Waals surface area contributed by atoms with Crippen LogP contribution in [0.1, 0.15) is 31.9 Å². The first-order valence-corrected chi connectivity index (χ1v) is 10.5. The third-order valence-electron chi connectivity index (χ3n) is 5.26. The molecule has 0 spiro atoms. The van der Waals surface area contributed by atoms with Gasteiger partial charge in [-0.1, -0.05) is 74.4 Å². The standard InChI is InChI=1S/C26H35N3/c1-5-9-13-25(12-8-4)20-29-22-27-19-26(29)21-28-16-14-24(15-17-28)18-23(10-6-2)11-7-3/h5-13,19,22,24H,1-2,4,14-18,20-21H2,3H3/b11-7-,13-9-,23-10+,25-12+. The number of imidazole rings is 1. The quantitative estimate of drug-likeness (QED) is 0.431. The van der Waals surface area contributed by atoms with Crippen molar-refractivity contribution in [1.82, 2.24) is 14.5 Å². The minimum Gasteiger partial charge on any atom is -0.329 e. The van der Waals surface area contributed by atoms with Gasteiger partial charge < -0.3 is 4.57 Å². The number of aromatic nitrogens is 2. The first-order chi connectivity index (χ1) is 14.2. The van der Waals surface area contributed by atoms with Crippen LogP contribution in [0.2, 0.25) is 0 Å². The number of hydrogen-bond donors (Lipinski definition) is 0. The van der Waals surface area contributed by atoms with Crippen LogP contribution in [0.4, 0.5) is 0 Å². The molecule has 1 aliphatic heterocycles. The normalized spacial score (nSPS) is 17.3. The Hall–Kier alpha value is -2.65. The van der Waals surface area contributed by atoms with Gasteiger partial charge in [0, 0.05) is 19.3 Å². The average molecular weight is 390 g/mol. The van der Waals surface area contributed by atoms with Crippen molar-refractivity contribution in [3.63, 3.8) is 0 Å². The molecule has 1 aromatic heterocycles. The first-order valence-electron chi connectivity index (χ1n) is 10.5. The maximum absolute atomic E-state index is 4.39. The van der Waals surface area contributed by atoms with Crippen molar-refractivity contribution < 1.29 is 0 Å². The van der Waals surface area contributed by atoms with E-state index < -0.39 is 0 Å². The van der Waals surface area contributed by atoms with Gasteiger partial charge >= 0.3 is 0 Å². The Bertz CT molecular complexity index is 781. The minimum atomic E-state index is 0.754. The molecule has 0 unspecified atom stereocenters. The minimum absolute atomic E-state index is 0.754. The number of piperidine rings is 1. The summed E-state index contributed by atoms with van der Waals surface area (Å²) < 4.78 is 2.23. The Morgan fingerprint density at radius 3 is 2.45 bits per heavy atom. The van der Waals surface area contributed by atoms with Crippen molar-refractivity contribution >= 4 is 0 Å². The summed E-state index contributed by atoms with van der Waals surface area (Å²) in [5, 5.41) is 0. The summed E-state index contributed by atoms with van der Waals surface area (Å²) in [7, 11) is 0. The van der Waals surface area contributed by atoms with E-state index in [4.69, 9.17) is 0 Å². The van der Waals surface area contributed by atoms with E-state index in [1.165, 1.54) is 29.7 Å². The maximum Gasteiger partial charge on any atom is 0.0951 e. The van der Waals surface area contributed by atoms with Gasteiger partial charge in [-0.05, 0) is 56.3 Å². The Balaban J connectivity index is 1.92. The molecule has 1 aliphatic rings. The molecule has 0 atom stereocenters. The molecule has 2 heterocycles. The second kappa shape index (κ2) is 12.7. The molecule has 0 aromatic carbocycles.